The number of nitrogens with zero attached hydrogens (tertiary/aromatic N) is 3. The van der Waals surface area contributed by atoms with Gasteiger partial charge in [0.2, 0.25) is 5.91 Å². The highest BCUT2D eigenvalue weighted by Gasteiger charge is 2.24. The third-order valence-electron chi connectivity index (χ3n) is 3.08. The van der Waals surface area contributed by atoms with Crippen LogP contribution in [0.5, 0.6) is 0 Å². The van der Waals surface area contributed by atoms with E-state index in [1.807, 2.05) is 19.2 Å². The van der Waals surface area contributed by atoms with Crippen molar-refractivity contribution in [1.82, 2.24) is 15.2 Å². The zero-order valence-electron chi connectivity index (χ0n) is 11.2. The van der Waals surface area contributed by atoms with E-state index >= 15 is 0 Å². The van der Waals surface area contributed by atoms with Crippen molar-refractivity contribution in [3.8, 4) is 0 Å². The normalized spacial score (nSPS) is 14.6. The number of aromatic nitrogens is 1. The Hall–Kier alpha value is -1.63. The van der Waals surface area contributed by atoms with Crippen LogP contribution in [0.15, 0.2) is 5.38 Å². The molecule has 2 heterocycles. The SMILES string of the molecule is CCN(CC)C(=O)Cc1csc(N2CCNC2=O)n1. The van der Waals surface area contributed by atoms with Gasteiger partial charge >= 0.3 is 6.03 Å². The van der Waals surface area contributed by atoms with Gasteiger partial charge in [-0.25, -0.2) is 9.78 Å². The monoisotopic (exact) mass is 282 g/mol. The van der Waals surface area contributed by atoms with Crippen LogP contribution in [0.3, 0.4) is 0 Å². The molecule has 2 rings (SSSR count). The Morgan fingerprint density at radius 3 is 2.84 bits per heavy atom. The molecule has 0 atom stereocenters. The lowest BCUT2D eigenvalue weighted by atomic mass is 10.3. The summed E-state index contributed by atoms with van der Waals surface area (Å²) in [7, 11) is 0. The van der Waals surface area contributed by atoms with Crippen molar-refractivity contribution < 1.29 is 9.59 Å². The van der Waals surface area contributed by atoms with E-state index in [4.69, 9.17) is 0 Å². The van der Waals surface area contributed by atoms with Crippen LogP contribution in [0.2, 0.25) is 0 Å². The second kappa shape index (κ2) is 6.01. The predicted molar refractivity (Wildman–Crippen MR) is 74.5 cm³/mol. The molecule has 1 aliphatic heterocycles. The van der Waals surface area contributed by atoms with Crippen molar-refractivity contribution in [2.24, 2.45) is 0 Å². The van der Waals surface area contributed by atoms with Gasteiger partial charge in [-0.3, -0.25) is 9.69 Å². The lowest BCUT2D eigenvalue weighted by molar-refractivity contribution is -0.130. The quantitative estimate of drug-likeness (QED) is 0.879. The zero-order chi connectivity index (χ0) is 13.8. The van der Waals surface area contributed by atoms with E-state index in [2.05, 4.69) is 10.3 Å². The Morgan fingerprint density at radius 1 is 1.53 bits per heavy atom. The van der Waals surface area contributed by atoms with E-state index < -0.39 is 0 Å². The van der Waals surface area contributed by atoms with E-state index in [1.165, 1.54) is 11.3 Å². The Morgan fingerprint density at radius 2 is 2.26 bits per heavy atom. The van der Waals surface area contributed by atoms with E-state index in [-0.39, 0.29) is 11.9 Å². The largest absolute Gasteiger partial charge is 0.343 e. The molecule has 0 radical (unpaired) electrons. The van der Waals surface area contributed by atoms with Gasteiger partial charge in [0, 0.05) is 31.6 Å². The smallest absolute Gasteiger partial charge is 0.323 e. The molecule has 0 bridgehead atoms. The van der Waals surface area contributed by atoms with Crippen LogP contribution in [-0.2, 0) is 11.2 Å². The van der Waals surface area contributed by atoms with Crippen LogP contribution in [-0.4, -0.2) is 48.0 Å². The molecule has 1 N–H and O–H groups in total. The molecule has 0 spiro atoms. The van der Waals surface area contributed by atoms with Crippen LogP contribution < -0.4 is 10.2 Å². The number of carbonyl (C=O) groups excluding carboxylic acids is 2. The number of hydrogen-bond donors (Lipinski definition) is 1. The molecule has 3 amide bonds. The van der Waals surface area contributed by atoms with Gasteiger partial charge in [0.1, 0.15) is 0 Å². The predicted octanol–water partition coefficient (Wildman–Crippen LogP) is 1.08. The summed E-state index contributed by atoms with van der Waals surface area (Å²) >= 11 is 1.40. The van der Waals surface area contributed by atoms with Crippen molar-refractivity contribution in [1.29, 1.82) is 0 Å². The van der Waals surface area contributed by atoms with Crippen molar-refractivity contribution in [3.63, 3.8) is 0 Å². The topological polar surface area (TPSA) is 65.5 Å². The molecule has 0 saturated carbocycles. The molecule has 0 aliphatic carbocycles. The average Bonchev–Trinajstić information content (AvgIpc) is 2.99. The van der Waals surface area contributed by atoms with Gasteiger partial charge in [-0.05, 0) is 13.8 Å². The zero-order valence-corrected chi connectivity index (χ0v) is 12.0. The van der Waals surface area contributed by atoms with Crippen molar-refractivity contribution in [2.75, 3.05) is 31.1 Å². The summed E-state index contributed by atoms with van der Waals surface area (Å²) < 4.78 is 0. The number of nitrogens with one attached hydrogen (secondary N) is 1. The summed E-state index contributed by atoms with van der Waals surface area (Å²) in [6.07, 6.45) is 0.299. The fourth-order valence-electron chi connectivity index (χ4n) is 2.00. The number of thiazole rings is 1. The summed E-state index contributed by atoms with van der Waals surface area (Å²) in [6, 6.07) is -0.115. The molecule has 104 valence electrons. The maximum Gasteiger partial charge on any atom is 0.323 e. The highest BCUT2D eigenvalue weighted by molar-refractivity contribution is 7.14. The molecular formula is C12H18N4O2S. The maximum absolute atomic E-state index is 12.0. The molecule has 1 aliphatic rings. The number of carbonyl (C=O) groups is 2. The van der Waals surface area contributed by atoms with Gasteiger partial charge in [-0.1, -0.05) is 0 Å². The van der Waals surface area contributed by atoms with E-state index in [0.29, 0.717) is 37.7 Å². The third kappa shape index (κ3) is 3.04. The highest BCUT2D eigenvalue weighted by Crippen LogP contribution is 2.22. The fraction of sp³-hybridized carbons (Fsp3) is 0.583. The fourth-order valence-corrected chi connectivity index (χ4v) is 2.85. The second-order valence-corrected chi connectivity index (χ2v) is 5.08. The summed E-state index contributed by atoms with van der Waals surface area (Å²) in [4.78, 5) is 31.2. The second-order valence-electron chi connectivity index (χ2n) is 4.25. The van der Waals surface area contributed by atoms with Crippen molar-refractivity contribution in [3.05, 3.63) is 11.1 Å². The Kier molecular flexibility index (Phi) is 4.36. The number of urea groups is 1. The Labute approximate surface area is 116 Å². The molecule has 1 aromatic rings. The first-order valence-electron chi connectivity index (χ1n) is 6.43. The molecule has 1 aromatic heterocycles. The van der Waals surface area contributed by atoms with Crippen LogP contribution in [0, 0.1) is 0 Å². The molecule has 7 heteroatoms. The maximum atomic E-state index is 12.0. The number of hydrogen-bond acceptors (Lipinski definition) is 4. The Balaban J connectivity index is 2.01. The highest BCUT2D eigenvalue weighted by atomic mass is 32.1. The first-order valence-corrected chi connectivity index (χ1v) is 7.31. The minimum absolute atomic E-state index is 0.0766. The molecule has 0 aromatic carbocycles. The first-order chi connectivity index (χ1) is 9.15. The molecule has 1 saturated heterocycles. The Bertz CT molecular complexity index is 470. The van der Waals surface area contributed by atoms with E-state index in [9.17, 15) is 9.59 Å². The van der Waals surface area contributed by atoms with E-state index in [0.717, 1.165) is 5.69 Å². The first kappa shape index (κ1) is 13.8. The van der Waals surface area contributed by atoms with Gasteiger partial charge < -0.3 is 10.2 Å². The number of anilines is 1. The van der Waals surface area contributed by atoms with Crippen molar-refractivity contribution >= 4 is 28.4 Å². The molecule has 1 fully saturated rings. The summed E-state index contributed by atoms with van der Waals surface area (Å²) in [5.41, 5.74) is 0.733. The minimum atomic E-state index is -0.115. The van der Waals surface area contributed by atoms with E-state index in [1.54, 1.807) is 9.80 Å². The standard InChI is InChI=1S/C12H18N4O2S/c1-3-15(4-2)10(17)7-9-8-19-12(14-9)16-6-5-13-11(16)18/h8H,3-7H2,1-2H3,(H,13,18). The van der Waals surface area contributed by atoms with Crippen LogP contribution in [0.4, 0.5) is 9.93 Å². The number of likely N-dealkylation sites (N-methyl/N-ethyl adjacent to an activating group) is 1. The molecular weight excluding hydrogens is 264 g/mol. The molecule has 0 unspecified atom stereocenters. The van der Waals surface area contributed by atoms with Gasteiger partial charge in [0.25, 0.3) is 0 Å². The average molecular weight is 282 g/mol. The summed E-state index contributed by atoms with van der Waals surface area (Å²) in [6.45, 7) is 6.62. The van der Waals surface area contributed by atoms with Gasteiger partial charge in [0.15, 0.2) is 5.13 Å². The lowest BCUT2D eigenvalue weighted by Crippen LogP contribution is -2.32. The van der Waals surface area contributed by atoms with Crippen LogP contribution >= 0.6 is 11.3 Å². The lowest BCUT2D eigenvalue weighted by Gasteiger charge is -2.17. The summed E-state index contributed by atoms with van der Waals surface area (Å²) in [5, 5.41) is 5.25. The number of rotatable bonds is 5. The minimum Gasteiger partial charge on any atom is -0.343 e. The molecule has 6 nitrogen and oxygen atoms in total. The van der Waals surface area contributed by atoms with Crippen LogP contribution in [0.25, 0.3) is 0 Å². The third-order valence-corrected chi connectivity index (χ3v) is 3.99. The van der Waals surface area contributed by atoms with Gasteiger partial charge in [-0.15, -0.1) is 11.3 Å². The van der Waals surface area contributed by atoms with Crippen LogP contribution in [0.1, 0.15) is 19.5 Å². The van der Waals surface area contributed by atoms with Crippen molar-refractivity contribution in [2.45, 2.75) is 20.3 Å². The van der Waals surface area contributed by atoms with Gasteiger partial charge in [0.05, 0.1) is 12.1 Å². The number of amides is 3. The van der Waals surface area contributed by atoms with Gasteiger partial charge in [-0.2, -0.15) is 0 Å². The molecule has 19 heavy (non-hydrogen) atoms. The summed E-state index contributed by atoms with van der Waals surface area (Å²) in [5.74, 6) is 0.0766.